The summed E-state index contributed by atoms with van der Waals surface area (Å²) in [6.45, 7) is 2.12. The van der Waals surface area contributed by atoms with Crippen LogP contribution in [0.25, 0.3) is 0 Å². The van der Waals surface area contributed by atoms with E-state index in [9.17, 15) is 75.7 Å². The fourth-order valence-electron chi connectivity index (χ4n) is 12.1. The van der Waals surface area contributed by atoms with Crippen LogP contribution < -0.4 is 10.6 Å². The molecule has 0 aromatic rings. The average molecular weight is 1290 g/mol. The third-order valence-electron chi connectivity index (χ3n) is 17.6. The zero-order chi connectivity index (χ0) is 66.1. The molecule has 0 aromatic heterocycles. The van der Waals surface area contributed by atoms with Gasteiger partial charge in [-0.15, -0.1) is 0 Å². The van der Waals surface area contributed by atoms with Crippen LogP contribution in [-0.4, -0.2) is 215 Å². The van der Waals surface area contributed by atoms with Gasteiger partial charge in [-0.05, 0) is 44.9 Å². The molecule has 0 aromatic carbocycles. The summed E-state index contributed by atoms with van der Waals surface area (Å²) in [6.07, 6.45) is 18.0. The van der Waals surface area contributed by atoms with Gasteiger partial charge >= 0.3 is 5.97 Å². The van der Waals surface area contributed by atoms with Crippen LogP contribution in [0, 0.1) is 0 Å². The highest BCUT2D eigenvalue weighted by Gasteiger charge is 2.60. The molecule has 90 heavy (non-hydrogen) atoms. The molecule has 14 N–H and O–H groups in total. The summed E-state index contributed by atoms with van der Waals surface area (Å²) in [4.78, 5) is 38.5. The number of hydrogen-bond donors (Lipinski definition) is 14. The first-order chi connectivity index (χ1) is 43.4. The minimum absolute atomic E-state index is 0.196. The van der Waals surface area contributed by atoms with Crippen LogP contribution in [-0.2, 0) is 42.8 Å². The maximum Gasteiger partial charge on any atom is 0.364 e. The molecule has 0 radical (unpaired) electrons. The van der Waals surface area contributed by atoms with E-state index < -0.39 is 155 Å². The fourth-order valence-corrected chi connectivity index (χ4v) is 12.1. The van der Waals surface area contributed by atoms with Crippen LogP contribution in [0.5, 0.6) is 0 Å². The molecule has 3 aliphatic rings. The topological polar surface area (TPSA) is 373 Å². The highest BCUT2D eigenvalue weighted by molar-refractivity contribution is 5.77. The van der Waals surface area contributed by atoms with E-state index in [2.05, 4.69) is 36.6 Å². The van der Waals surface area contributed by atoms with Gasteiger partial charge in [0.1, 0.15) is 67.1 Å². The molecule has 0 saturated carbocycles. The number of carboxylic acid groups (broad SMARTS) is 1. The molecule has 3 rings (SSSR count). The molecule has 18 unspecified atom stereocenters. The molecular weight excluding hydrogens is 1170 g/mol. The fraction of sp³-hybridized carbons (Fsp3) is 0.896. The normalized spacial score (nSPS) is 28.7. The average Bonchev–Trinajstić information content (AvgIpc) is 0.821. The first-order valence-electron chi connectivity index (χ1n) is 34.7. The van der Waals surface area contributed by atoms with Crippen molar-refractivity contribution in [2.24, 2.45) is 0 Å². The number of unbranched alkanes of at least 4 members (excludes halogenated alkanes) is 30. The molecule has 3 fully saturated rings. The number of carboxylic acids is 1. The third-order valence-corrected chi connectivity index (χ3v) is 17.6. The Hall–Kier alpha value is -2.79. The molecule has 0 aliphatic carbocycles. The first kappa shape index (κ1) is 81.4. The number of aliphatic hydroxyl groups excluding tert-OH is 11. The molecule has 2 amide bonds. The molecule has 3 aliphatic heterocycles. The van der Waals surface area contributed by atoms with Gasteiger partial charge in [-0.1, -0.05) is 205 Å². The molecule has 526 valence electrons. The van der Waals surface area contributed by atoms with Gasteiger partial charge in [-0.25, -0.2) is 4.79 Å². The Bertz CT molecular complexity index is 1920. The summed E-state index contributed by atoms with van der Waals surface area (Å²) in [5.41, 5.74) is 0. The van der Waals surface area contributed by atoms with Crippen molar-refractivity contribution < 1.29 is 104 Å². The lowest BCUT2D eigenvalue weighted by molar-refractivity contribution is -0.386. The van der Waals surface area contributed by atoms with E-state index in [1.54, 1.807) is 6.08 Å². The van der Waals surface area contributed by atoms with E-state index in [0.29, 0.717) is 12.8 Å². The second-order valence-corrected chi connectivity index (χ2v) is 25.4. The highest BCUT2D eigenvalue weighted by atomic mass is 16.8. The van der Waals surface area contributed by atoms with Crippen molar-refractivity contribution in [1.29, 1.82) is 0 Å². The molecule has 23 nitrogen and oxygen atoms in total. The second kappa shape index (κ2) is 48.0. The Morgan fingerprint density at radius 2 is 1.04 bits per heavy atom. The van der Waals surface area contributed by atoms with Gasteiger partial charge < -0.3 is 100 Å². The largest absolute Gasteiger partial charge is 0.477 e. The number of aliphatic hydroxyl groups is 11. The summed E-state index contributed by atoms with van der Waals surface area (Å²) in [5.74, 6) is -6.15. The Labute approximate surface area is 536 Å². The van der Waals surface area contributed by atoms with Gasteiger partial charge in [-0.2, -0.15) is 0 Å². The van der Waals surface area contributed by atoms with Crippen molar-refractivity contribution in [3.63, 3.8) is 0 Å². The Morgan fingerprint density at radius 3 is 1.51 bits per heavy atom. The standard InChI is InChI=1S/C67H122N2O21/c1-4-6-8-10-12-14-16-18-19-20-21-22-23-24-25-26-27-29-31-33-35-37-39-41-54(77)69-48(49(74)40-38-36-34-32-30-28-17-15-13-11-9-7-5-2)46-85-64-59(81)58(80)61(53(45-72)87-64)88-65-60(82)63(57(79)52(44-71)86-65)90-67(66(83)84)42-50(75)55(68-47(3)73)62(89-67)56(78)51(76)43-70/h24-25,38,40,48-53,55-65,70-72,74-76,78-82H,4-23,26-37,39,41-46H2,1-3H3,(H,68,73)(H,69,77)(H,83,84)/b25-24-,40-38+. The van der Waals surface area contributed by atoms with Crippen LogP contribution in [0.4, 0.5) is 0 Å². The molecule has 23 heteroatoms. The maximum absolute atomic E-state index is 13.4. The van der Waals surface area contributed by atoms with Crippen LogP contribution in [0.3, 0.4) is 0 Å². The number of nitrogens with one attached hydrogen (secondary N) is 2. The van der Waals surface area contributed by atoms with Crippen LogP contribution >= 0.6 is 0 Å². The number of aliphatic carboxylic acids is 1. The van der Waals surface area contributed by atoms with E-state index >= 15 is 0 Å². The Kier molecular flexibility index (Phi) is 43.4. The third kappa shape index (κ3) is 30.3. The molecule has 3 saturated heterocycles. The summed E-state index contributed by atoms with van der Waals surface area (Å²) < 4.78 is 34.8. The van der Waals surface area contributed by atoms with Crippen molar-refractivity contribution >= 4 is 17.8 Å². The van der Waals surface area contributed by atoms with Crippen molar-refractivity contribution in [3.05, 3.63) is 24.3 Å². The van der Waals surface area contributed by atoms with E-state index in [1.165, 1.54) is 128 Å². The van der Waals surface area contributed by atoms with E-state index in [1.807, 2.05) is 6.08 Å². The molecule has 3 heterocycles. The van der Waals surface area contributed by atoms with Crippen molar-refractivity contribution in [1.82, 2.24) is 10.6 Å². The monoisotopic (exact) mass is 1290 g/mol. The van der Waals surface area contributed by atoms with Crippen molar-refractivity contribution in [2.45, 2.75) is 355 Å². The lowest BCUT2D eigenvalue weighted by atomic mass is 9.88. The predicted molar refractivity (Wildman–Crippen MR) is 338 cm³/mol. The number of ether oxygens (including phenoxy) is 6. The predicted octanol–water partition coefficient (Wildman–Crippen LogP) is 6.06. The van der Waals surface area contributed by atoms with Gasteiger partial charge in [-0.3, -0.25) is 9.59 Å². The number of allylic oxidation sites excluding steroid dienone is 3. The van der Waals surface area contributed by atoms with Gasteiger partial charge in [0.15, 0.2) is 12.6 Å². The van der Waals surface area contributed by atoms with Crippen LogP contribution in [0.15, 0.2) is 24.3 Å². The second-order valence-electron chi connectivity index (χ2n) is 25.4. The quantitative estimate of drug-likeness (QED) is 0.0243. The number of carbonyl (C=O) groups is 3. The number of carbonyl (C=O) groups excluding carboxylic acids is 2. The summed E-state index contributed by atoms with van der Waals surface area (Å²) in [6, 6.07) is -2.62. The van der Waals surface area contributed by atoms with Gasteiger partial charge in [0.2, 0.25) is 11.8 Å². The van der Waals surface area contributed by atoms with Crippen molar-refractivity contribution in [2.75, 3.05) is 26.4 Å². The van der Waals surface area contributed by atoms with Gasteiger partial charge in [0.05, 0.1) is 50.7 Å². The summed E-state index contributed by atoms with van der Waals surface area (Å²) in [7, 11) is 0. The first-order valence-corrected chi connectivity index (χ1v) is 34.7. The van der Waals surface area contributed by atoms with E-state index in [4.69, 9.17) is 28.4 Å². The van der Waals surface area contributed by atoms with Crippen LogP contribution in [0.2, 0.25) is 0 Å². The van der Waals surface area contributed by atoms with Gasteiger partial charge in [0.25, 0.3) is 5.79 Å². The molecule has 0 bridgehead atoms. The minimum atomic E-state index is -3.08. The van der Waals surface area contributed by atoms with Crippen molar-refractivity contribution in [3.8, 4) is 0 Å². The SMILES string of the molecule is CCCCCCCCCCCCC/C=C/C(O)C(COC1OC(CO)C(OC2OC(CO)C(O)C(OC3(C(=O)O)CC(O)C(NC(C)=O)C(C(O)C(O)CO)O3)C2O)C(O)C1O)NC(=O)CCCCCCCCC/C=C\CCCCCCCCCCCCCC. The zero-order valence-corrected chi connectivity index (χ0v) is 54.7. The van der Waals surface area contributed by atoms with E-state index in [0.717, 1.165) is 77.6 Å². The Morgan fingerprint density at radius 1 is 0.578 bits per heavy atom. The van der Waals surface area contributed by atoms with E-state index in [-0.39, 0.29) is 12.3 Å². The van der Waals surface area contributed by atoms with Gasteiger partial charge in [0, 0.05) is 19.8 Å². The summed E-state index contributed by atoms with van der Waals surface area (Å²) >= 11 is 0. The van der Waals surface area contributed by atoms with Crippen LogP contribution in [0.1, 0.15) is 245 Å². The molecule has 0 spiro atoms. The number of hydrogen-bond acceptors (Lipinski definition) is 20. The lowest BCUT2D eigenvalue weighted by Crippen LogP contribution is -2.70. The maximum atomic E-state index is 13.4. The Balaban J connectivity index is 1.58. The minimum Gasteiger partial charge on any atom is -0.477 e. The lowest BCUT2D eigenvalue weighted by Gasteiger charge is -2.50. The molecule has 18 atom stereocenters. The number of rotatable bonds is 52. The smallest absolute Gasteiger partial charge is 0.364 e. The zero-order valence-electron chi connectivity index (χ0n) is 54.7. The highest BCUT2D eigenvalue weighted by Crippen LogP contribution is 2.39. The summed E-state index contributed by atoms with van der Waals surface area (Å²) in [5, 5.41) is 136. The number of amides is 2. The molecular formula is C67H122N2O21.